The summed E-state index contributed by atoms with van der Waals surface area (Å²) in [6.45, 7) is 4.53. The van der Waals surface area contributed by atoms with Crippen LogP contribution >= 0.6 is 0 Å². The molecule has 0 aliphatic heterocycles. The van der Waals surface area contributed by atoms with Gasteiger partial charge in [-0.05, 0) is 24.3 Å². The summed E-state index contributed by atoms with van der Waals surface area (Å²) in [6, 6.07) is 10.1. The minimum Gasteiger partial charge on any atom is -0.388 e. The van der Waals surface area contributed by atoms with Crippen LogP contribution in [0.1, 0.15) is 26.7 Å². The molecule has 0 radical (unpaired) electrons. The van der Waals surface area contributed by atoms with E-state index in [-0.39, 0.29) is 0 Å². The molecule has 3 heteroatoms. The number of hydrogen-bond donors (Lipinski definition) is 2. The zero-order chi connectivity index (χ0) is 13.0. The van der Waals surface area contributed by atoms with E-state index in [1.54, 1.807) is 6.20 Å². The molecule has 0 aliphatic carbocycles. The molecule has 0 amide bonds. The van der Waals surface area contributed by atoms with E-state index in [2.05, 4.69) is 16.4 Å². The van der Waals surface area contributed by atoms with E-state index in [0.29, 0.717) is 6.54 Å². The molecule has 0 bridgehead atoms. The smallest absolute Gasteiger partial charge is 0.133 e. The first kappa shape index (κ1) is 12.8. The average molecular weight is 244 g/mol. The third-order valence-electron chi connectivity index (χ3n) is 3.57. The molecule has 1 heterocycles. The maximum atomic E-state index is 10.3. The van der Waals surface area contributed by atoms with Gasteiger partial charge in [0.05, 0.1) is 5.60 Å². The van der Waals surface area contributed by atoms with Gasteiger partial charge in [-0.15, -0.1) is 0 Å². The predicted molar refractivity (Wildman–Crippen MR) is 75.8 cm³/mol. The van der Waals surface area contributed by atoms with Gasteiger partial charge in [-0.1, -0.05) is 38.1 Å². The first-order chi connectivity index (χ1) is 8.68. The van der Waals surface area contributed by atoms with Crippen molar-refractivity contribution in [2.75, 3.05) is 11.9 Å². The molecular weight excluding hydrogens is 224 g/mol. The standard InChI is InChI=1S/C15H20N2O/c1-3-15(18,4-2)11-17-14-13-8-6-5-7-12(13)9-10-16-14/h5-10,18H,3-4,11H2,1-2H3,(H,16,17). The zero-order valence-electron chi connectivity index (χ0n) is 11.0. The fraction of sp³-hybridized carbons (Fsp3) is 0.400. The Morgan fingerprint density at radius 3 is 2.61 bits per heavy atom. The van der Waals surface area contributed by atoms with Gasteiger partial charge < -0.3 is 10.4 Å². The second kappa shape index (κ2) is 5.36. The number of nitrogens with zero attached hydrogens (tertiary/aromatic N) is 1. The summed E-state index contributed by atoms with van der Waals surface area (Å²) in [5.41, 5.74) is -0.654. The quantitative estimate of drug-likeness (QED) is 0.849. The van der Waals surface area contributed by atoms with Crippen molar-refractivity contribution in [1.82, 2.24) is 4.98 Å². The van der Waals surface area contributed by atoms with Crippen molar-refractivity contribution in [3.05, 3.63) is 36.5 Å². The lowest BCUT2D eigenvalue weighted by molar-refractivity contribution is 0.0456. The van der Waals surface area contributed by atoms with Crippen LogP contribution in [0.4, 0.5) is 5.82 Å². The first-order valence-corrected chi connectivity index (χ1v) is 6.48. The Morgan fingerprint density at radius 1 is 1.17 bits per heavy atom. The predicted octanol–water partition coefficient (Wildman–Crippen LogP) is 3.20. The molecule has 1 aromatic heterocycles. The third kappa shape index (κ3) is 2.62. The van der Waals surface area contributed by atoms with Crippen LogP contribution in [0.15, 0.2) is 36.5 Å². The number of rotatable bonds is 5. The molecule has 2 aromatic rings. The Morgan fingerprint density at radius 2 is 1.89 bits per heavy atom. The molecular formula is C15H20N2O. The average Bonchev–Trinajstić information content (AvgIpc) is 2.44. The summed E-state index contributed by atoms with van der Waals surface area (Å²) in [4.78, 5) is 4.36. The molecule has 3 nitrogen and oxygen atoms in total. The summed E-state index contributed by atoms with van der Waals surface area (Å²) < 4.78 is 0. The maximum Gasteiger partial charge on any atom is 0.133 e. The van der Waals surface area contributed by atoms with Gasteiger partial charge in [-0.3, -0.25) is 0 Å². The molecule has 18 heavy (non-hydrogen) atoms. The number of aromatic nitrogens is 1. The number of fused-ring (bicyclic) bond motifs is 1. The monoisotopic (exact) mass is 244 g/mol. The van der Waals surface area contributed by atoms with Gasteiger partial charge in [0.25, 0.3) is 0 Å². The van der Waals surface area contributed by atoms with Gasteiger partial charge in [-0.2, -0.15) is 0 Å². The van der Waals surface area contributed by atoms with Crippen molar-refractivity contribution < 1.29 is 5.11 Å². The van der Waals surface area contributed by atoms with Crippen LogP contribution in [0.3, 0.4) is 0 Å². The fourth-order valence-electron chi connectivity index (χ4n) is 2.01. The van der Waals surface area contributed by atoms with E-state index in [9.17, 15) is 5.11 Å². The van der Waals surface area contributed by atoms with Crippen molar-refractivity contribution in [1.29, 1.82) is 0 Å². The second-order valence-corrected chi connectivity index (χ2v) is 4.67. The third-order valence-corrected chi connectivity index (χ3v) is 3.57. The molecule has 2 N–H and O–H groups in total. The van der Waals surface area contributed by atoms with Crippen LogP contribution in [0, 0.1) is 0 Å². The molecule has 2 rings (SSSR count). The second-order valence-electron chi connectivity index (χ2n) is 4.67. The van der Waals surface area contributed by atoms with E-state index in [0.717, 1.165) is 29.4 Å². The number of anilines is 1. The van der Waals surface area contributed by atoms with Gasteiger partial charge >= 0.3 is 0 Å². The summed E-state index contributed by atoms with van der Waals surface area (Å²) in [5.74, 6) is 0.841. The zero-order valence-corrected chi connectivity index (χ0v) is 11.0. The van der Waals surface area contributed by atoms with Crippen molar-refractivity contribution >= 4 is 16.6 Å². The summed E-state index contributed by atoms with van der Waals surface area (Å²) >= 11 is 0. The Bertz CT molecular complexity index is 515. The molecule has 0 fully saturated rings. The number of nitrogens with one attached hydrogen (secondary N) is 1. The van der Waals surface area contributed by atoms with Gasteiger partial charge in [0.15, 0.2) is 0 Å². The van der Waals surface area contributed by atoms with Gasteiger partial charge in [-0.25, -0.2) is 4.98 Å². The van der Waals surface area contributed by atoms with Gasteiger partial charge in [0, 0.05) is 18.1 Å². The van der Waals surface area contributed by atoms with E-state index in [1.807, 2.05) is 38.1 Å². The molecule has 0 atom stereocenters. The number of benzene rings is 1. The fourth-order valence-corrected chi connectivity index (χ4v) is 2.01. The first-order valence-electron chi connectivity index (χ1n) is 6.48. The minimum absolute atomic E-state index is 0.529. The van der Waals surface area contributed by atoms with E-state index in [4.69, 9.17) is 0 Å². The van der Waals surface area contributed by atoms with Crippen LogP contribution in [0.25, 0.3) is 10.8 Å². The lowest BCUT2D eigenvalue weighted by Crippen LogP contribution is -2.35. The normalized spacial score (nSPS) is 11.7. The van der Waals surface area contributed by atoms with Crippen LogP contribution < -0.4 is 5.32 Å². The number of hydrogen-bond acceptors (Lipinski definition) is 3. The number of pyridine rings is 1. The van der Waals surface area contributed by atoms with Crippen LogP contribution in [0.5, 0.6) is 0 Å². The largest absolute Gasteiger partial charge is 0.388 e. The maximum absolute atomic E-state index is 10.3. The Kier molecular flexibility index (Phi) is 3.82. The van der Waals surface area contributed by atoms with E-state index < -0.39 is 5.60 Å². The Balaban J connectivity index is 2.22. The van der Waals surface area contributed by atoms with Gasteiger partial charge in [0.2, 0.25) is 0 Å². The molecule has 1 aromatic carbocycles. The molecule has 0 unspecified atom stereocenters. The van der Waals surface area contributed by atoms with Crippen molar-refractivity contribution in [3.63, 3.8) is 0 Å². The van der Waals surface area contributed by atoms with E-state index in [1.165, 1.54) is 0 Å². The summed E-state index contributed by atoms with van der Waals surface area (Å²) in [7, 11) is 0. The van der Waals surface area contributed by atoms with Crippen molar-refractivity contribution in [3.8, 4) is 0 Å². The molecule has 0 spiro atoms. The summed E-state index contributed by atoms with van der Waals surface area (Å²) in [5, 5.41) is 15.8. The topological polar surface area (TPSA) is 45.1 Å². The molecule has 0 saturated carbocycles. The van der Waals surface area contributed by atoms with Crippen LogP contribution in [-0.2, 0) is 0 Å². The number of aliphatic hydroxyl groups is 1. The van der Waals surface area contributed by atoms with Crippen LogP contribution in [-0.4, -0.2) is 22.2 Å². The van der Waals surface area contributed by atoms with E-state index >= 15 is 0 Å². The highest BCUT2D eigenvalue weighted by Crippen LogP contribution is 2.22. The molecule has 0 saturated heterocycles. The van der Waals surface area contributed by atoms with Gasteiger partial charge in [0.1, 0.15) is 5.82 Å². The van der Waals surface area contributed by atoms with Crippen molar-refractivity contribution in [2.24, 2.45) is 0 Å². The lowest BCUT2D eigenvalue weighted by Gasteiger charge is -2.25. The summed E-state index contributed by atoms with van der Waals surface area (Å²) in [6.07, 6.45) is 3.27. The van der Waals surface area contributed by atoms with Crippen LogP contribution in [0.2, 0.25) is 0 Å². The highest BCUT2D eigenvalue weighted by atomic mass is 16.3. The molecule has 0 aliphatic rings. The highest BCUT2D eigenvalue weighted by Gasteiger charge is 2.21. The lowest BCUT2D eigenvalue weighted by atomic mass is 9.97. The minimum atomic E-state index is -0.654. The Hall–Kier alpha value is -1.61. The molecule has 96 valence electrons. The van der Waals surface area contributed by atoms with Crippen molar-refractivity contribution in [2.45, 2.75) is 32.3 Å². The highest BCUT2D eigenvalue weighted by molar-refractivity contribution is 5.91. The SMILES string of the molecule is CCC(O)(CC)CNc1nccc2ccccc12. The Labute approximate surface area is 108 Å².